The molecule has 54 valence electrons. The van der Waals surface area contributed by atoms with Crippen LogP contribution in [0.3, 0.4) is 0 Å². The Morgan fingerprint density at radius 2 is 1.78 bits per heavy atom. The Labute approximate surface area is 53.6 Å². The van der Waals surface area contributed by atoms with Crippen LogP contribution in [0.4, 0.5) is 8.78 Å². The van der Waals surface area contributed by atoms with Crippen molar-refractivity contribution in [1.82, 2.24) is 4.90 Å². The molecule has 9 heavy (non-hydrogen) atoms. The molecule has 1 rings (SSSR count). The Morgan fingerprint density at radius 3 is 1.89 bits per heavy atom. The number of alkyl halides is 2. The fourth-order valence-corrected chi connectivity index (χ4v) is 0.796. The van der Waals surface area contributed by atoms with Crippen molar-refractivity contribution >= 4 is 0 Å². The van der Waals surface area contributed by atoms with Crippen LogP contribution in [0.2, 0.25) is 0 Å². The minimum absolute atomic E-state index is 0.368. The molecule has 0 atom stereocenters. The van der Waals surface area contributed by atoms with Crippen LogP contribution in [0.15, 0.2) is 0 Å². The van der Waals surface area contributed by atoms with E-state index in [0.717, 1.165) is 4.90 Å². The van der Waals surface area contributed by atoms with Crippen LogP contribution in [-0.2, 0) is 0 Å². The van der Waals surface area contributed by atoms with E-state index in [1.165, 1.54) is 14.1 Å². The third kappa shape index (κ3) is 1.21. The highest BCUT2D eigenvalue weighted by atomic mass is 19.3. The highest BCUT2D eigenvalue weighted by Crippen LogP contribution is 2.44. The molecule has 0 amide bonds. The highest BCUT2D eigenvalue weighted by Gasteiger charge is 2.48. The summed E-state index contributed by atoms with van der Waals surface area (Å²) < 4.78 is 25.3. The van der Waals surface area contributed by atoms with Crippen LogP contribution < -0.4 is 0 Å². The molecular formula is C6H11F2N. The molecule has 1 aliphatic rings. The Kier molecular flexibility index (Phi) is 1.47. The molecule has 1 saturated carbocycles. The molecule has 3 heteroatoms. The third-order valence-electron chi connectivity index (χ3n) is 1.66. The first kappa shape index (κ1) is 6.93. The van der Waals surface area contributed by atoms with Gasteiger partial charge in [-0.1, -0.05) is 0 Å². The lowest BCUT2D eigenvalue weighted by Crippen LogP contribution is -2.37. The van der Waals surface area contributed by atoms with E-state index in [1.807, 2.05) is 0 Å². The minimum atomic E-state index is -2.56. The second-order valence-electron chi connectivity index (χ2n) is 2.76. The van der Waals surface area contributed by atoms with Crippen LogP contribution >= 0.6 is 0 Å². The predicted molar refractivity (Wildman–Crippen MR) is 31.4 cm³/mol. The summed E-state index contributed by atoms with van der Waals surface area (Å²) in [6, 6.07) is -2.56. The van der Waals surface area contributed by atoms with E-state index in [-0.39, 0.29) is 5.92 Å². The van der Waals surface area contributed by atoms with Gasteiger partial charge < -0.3 is 0 Å². The fraction of sp³-hybridized carbons (Fsp3) is 1.00. The van der Waals surface area contributed by atoms with Gasteiger partial charge in [0.05, 0.1) is 0 Å². The highest BCUT2D eigenvalue weighted by molar-refractivity contribution is 4.85. The Hall–Kier alpha value is -0.180. The van der Waals surface area contributed by atoms with E-state index < -0.39 is 6.05 Å². The van der Waals surface area contributed by atoms with Crippen LogP contribution in [0, 0.1) is 5.92 Å². The second kappa shape index (κ2) is 1.90. The molecule has 0 aromatic carbocycles. The smallest absolute Gasteiger partial charge is 0.251 e. The lowest BCUT2D eigenvalue weighted by molar-refractivity contribution is -0.139. The van der Waals surface area contributed by atoms with E-state index in [1.54, 1.807) is 0 Å². The Morgan fingerprint density at radius 1 is 1.33 bits per heavy atom. The monoisotopic (exact) mass is 135 g/mol. The molecule has 0 radical (unpaired) electrons. The summed E-state index contributed by atoms with van der Waals surface area (Å²) in [5.41, 5.74) is 0. The van der Waals surface area contributed by atoms with Gasteiger partial charge in [-0.15, -0.1) is 0 Å². The molecular weight excluding hydrogens is 124 g/mol. The van der Waals surface area contributed by atoms with Crippen molar-refractivity contribution in [3.63, 3.8) is 0 Å². The number of hydrogen-bond acceptors (Lipinski definition) is 1. The van der Waals surface area contributed by atoms with Gasteiger partial charge in [-0.2, -0.15) is 8.78 Å². The van der Waals surface area contributed by atoms with Gasteiger partial charge in [0.1, 0.15) is 0 Å². The first-order chi connectivity index (χ1) is 4.05. The summed E-state index contributed by atoms with van der Waals surface area (Å²) in [6.45, 7) is 0. The Bertz CT molecular complexity index is 104. The van der Waals surface area contributed by atoms with Gasteiger partial charge in [-0.05, 0) is 26.9 Å². The van der Waals surface area contributed by atoms with Gasteiger partial charge in [0.2, 0.25) is 0 Å². The SMILES string of the molecule is CN(C)C(F)(F)C1CC1. The predicted octanol–water partition coefficient (Wildman–Crippen LogP) is 1.55. The van der Waals surface area contributed by atoms with Gasteiger partial charge >= 0.3 is 6.05 Å². The van der Waals surface area contributed by atoms with Crippen LogP contribution in [0.25, 0.3) is 0 Å². The minimum Gasteiger partial charge on any atom is -0.251 e. The molecule has 0 aromatic rings. The van der Waals surface area contributed by atoms with Crippen molar-refractivity contribution in [2.75, 3.05) is 14.1 Å². The topological polar surface area (TPSA) is 3.24 Å². The van der Waals surface area contributed by atoms with Gasteiger partial charge in [0, 0.05) is 5.92 Å². The van der Waals surface area contributed by atoms with Gasteiger partial charge in [-0.25, -0.2) is 0 Å². The van der Waals surface area contributed by atoms with E-state index >= 15 is 0 Å². The zero-order chi connectivity index (χ0) is 7.07. The quantitative estimate of drug-likeness (QED) is 0.519. The molecule has 0 N–H and O–H groups in total. The Balaban J connectivity index is 2.48. The first-order valence-corrected chi connectivity index (χ1v) is 3.10. The van der Waals surface area contributed by atoms with Crippen LogP contribution in [0.1, 0.15) is 12.8 Å². The van der Waals surface area contributed by atoms with E-state index in [2.05, 4.69) is 0 Å². The molecule has 0 spiro atoms. The van der Waals surface area contributed by atoms with E-state index in [9.17, 15) is 8.78 Å². The average Bonchev–Trinajstić information content (AvgIpc) is 2.42. The standard InChI is InChI=1S/C6H11F2N/c1-9(2)6(7,8)5-3-4-5/h5H,3-4H2,1-2H3. The molecule has 0 unspecified atom stereocenters. The zero-order valence-corrected chi connectivity index (χ0v) is 5.69. The van der Waals surface area contributed by atoms with Crippen molar-refractivity contribution in [2.24, 2.45) is 5.92 Å². The van der Waals surface area contributed by atoms with E-state index in [0.29, 0.717) is 12.8 Å². The summed E-state index contributed by atoms with van der Waals surface area (Å²) in [4.78, 5) is 0.991. The molecule has 0 heterocycles. The van der Waals surface area contributed by atoms with Gasteiger partial charge in [-0.3, -0.25) is 4.90 Å². The number of halogens is 2. The summed E-state index contributed by atoms with van der Waals surface area (Å²) in [7, 11) is 2.83. The van der Waals surface area contributed by atoms with Crippen molar-refractivity contribution in [3.8, 4) is 0 Å². The number of nitrogens with zero attached hydrogens (tertiary/aromatic N) is 1. The summed E-state index contributed by atoms with van der Waals surface area (Å²) in [6.07, 6.45) is 1.37. The van der Waals surface area contributed by atoms with Crippen molar-refractivity contribution in [3.05, 3.63) is 0 Å². The van der Waals surface area contributed by atoms with Crippen molar-refractivity contribution < 1.29 is 8.78 Å². The summed E-state index contributed by atoms with van der Waals surface area (Å²) >= 11 is 0. The number of hydrogen-bond donors (Lipinski definition) is 0. The summed E-state index contributed by atoms with van der Waals surface area (Å²) in [5.74, 6) is -0.368. The van der Waals surface area contributed by atoms with Crippen molar-refractivity contribution in [1.29, 1.82) is 0 Å². The van der Waals surface area contributed by atoms with Crippen molar-refractivity contribution in [2.45, 2.75) is 18.9 Å². The van der Waals surface area contributed by atoms with Crippen LogP contribution in [-0.4, -0.2) is 25.0 Å². The maximum atomic E-state index is 12.7. The molecule has 0 saturated heterocycles. The van der Waals surface area contributed by atoms with Crippen LogP contribution in [0.5, 0.6) is 0 Å². The van der Waals surface area contributed by atoms with E-state index in [4.69, 9.17) is 0 Å². The normalized spacial score (nSPS) is 21.0. The first-order valence-electron chi connectivity index (χ1n) is 3.10. The lowest BCUT2D eigenvalue weighted by Gasteiger charge is -2.22. The largest absolute Gasteiger partial charge is 0.307 e. The molecule has 1 aliphatic carbocycles. The second-order valence-corrected chi connectivity index (χ2v) is 2.76. The molecule has 1 nitrogen and oxygen atoms in total. The average molecular weight is 135 g/mol. The van der Waals surface area contributed by atoms with Gasteiger partial charge in [0.25, 0.3) is 0 Å². The molecule has 0 bridgehead atoms. The summed E-state index contributed by atoms with van der Waals surface area (Å²) in [5, 5.41) is 0. The lowest BCUT2D eigenvalue weighted by atomic mass is 10.3. The molecule has 1 fully saturated rings. The molecule has 0 aromatic heterocycles. The fourth-order valence-electron chi connectivity index (χ4n) is 0.796. The maximum Gasteiger partial charge on any atom is 0.307 e. The zero-order valence-electron chi connectivity index (χ0n) is 5.69. The number of rotatable bonds is 2. The maximum absolute atomic E-state index is 12.7. The third-order valence-corrected chi connectivity index (χ3v) is 1.66. The van der Waals surface area contributed by atoms with Gasteiger partial charge in [0.15, 0.2) is 0 Å². The molecule has 0 aliphatic heterocycles.